The van der Waals surface area contributed by atoms with Crippen LogP contribution in [0.4, 0.5) is 0 Å². The zero-order valence-electron chi connectivity index (χ0n) is 16.3. The highest BCUT2D eigenvalue weighted by molar-refractivity contribution is 5.31. The van der Waals surface area contributed by atoms with Crippen molar-refractivity contribution < 1.29 is 0 Å². The Morgan fingerprint density at radius 2 is 1.71 bits per heavy atom. The molecule has 0 radical (unpaired) electrons. The summed E-state index contributed by atoms with van der Waals surface area (Å²) in [6.07, 6.45) is 4.83. The number of rotatable bonds is 8. The third kappa shape index (κ3) is 5.92. The van der Waals surface area contributed by atoms with E-state index in [1.807, 2.05) is 12.1 Å². The summed E-state index contributed by atoms with van der Waals surface area (Å²) < 4.78 is 0. The second kappa shape index (κ2) is 10.6. The standard InChI is InChI=1S/C24H28N4/c25-15-5-4-8-24(22-6-2-1-3-7-22)27-23-13-16-28(17-14-23)19-21-11-9-20(18-26)10-12-21/h1-3,6-7,9-12,23-24,27H,4-5,8,13-14,16-17,19H2. The number of hydrogen-bond acceptors (Lipinski definition) is 4. The molecule has 1 aliphatic rings. The van der Waals surface area contributed by atoms with Crippen LogP contribution in [-0.4, -0.2) is 24.0 Å². The van der Waals surface area contributed by atoms with Crippen LogP contribution < -0.4 is 5.32 Å². The molecule has 1 fully saturated rings. The molecule has 1 aliphatic heterocycles. The summed E-state index contributed by atoms with van der Waals surface area (Å²) in [5.74, 6) is 0. The predicted octanol–water partition coefficient (Wildman–Crippen LogP) is 4.55. The summed E-state index contributed by atoms with van der Waals surface area (Å²) in [6, 6.07) is 23.8. The van der Waals surface area contributed by atoms with Gasteiger partial charge in [0.05, 0.1) is 17.7 Å². The highest BCUT2D eigenvalue weighted by Gasteiger charge is 2.22. The second-order valence-electron chi connectivity index (χ2n) is 7.54. The molecule has 0 bridgehead atoms. The van der Waals surface area contributed by atoms with Crippen molar-refractivity contribution in [2.75, 3.05) is 13.1 Å². The summed E-state index contributed by atoms with van der Waals surface area (Å²) in [4.78, 5) is 2.49. The molecule has 2 aromatic rings. The fraction of sp³-hybridized carbons (Fsp3) is 0.417. The molecule has 1 heterocycles. The number of nitriles is 2. The number of hydrogen-bond donors (Lipinski definition) is 1. The van der Waals surface area contributed by atoms with Crippen LogP contribution in [0.1, 0.15) is 54.8 Å². The van der Waals surface area contributed by atoms with Gasteiger partial charge in [-0.1, -0.05) is 42.5 Å². The molecule has 0 saturated carbocycles. The van der Waals surface area contributed by atoms with Crippen molar-refractivity contribution >= 4 is 0 Å². The van der Waals surface area contributed by atoms with Crippen molar-refractivity contribution in [3.05, 3.63) is 71.3 Å². The maximum absolute atomic E-state index is 8.92. The average Bonchev–Trinajstić information content (AvgIpc) is 2.75. The van der Waals surface area contributed by atoms with E-state index in [4.69, 9.17) is 10.5 Å². The number of nitrogens with zero attached hydrogens (tertiary/aromatic N) is 3. The van der Waals surface area contributed by atoms with E-state index in [0.29, 0.717) is 18.5 Å². The number of nitrogens with one attached hydrogen (secondary N) is 1. The molecule has 1 unspecified atom stereocenters. The van der Waals surface area contributed by atoms with E-state index >= 15 is 0 Å². The minimum absolute atomic E-state index is 0.324. The van der Waals surface area contributed by atoms with Gasteiger partial charge in [-0.05, 0) is 62.0 Å². The lowest BCUT2D eigenvalue weighted by molar-refractivity contribution is 0.182. The molecule has 1 atom stereocenters. The summed E-state index contributed by atoms with van der Waals surface area (Å²) in [5.41, 5.74) is 3.31. The first-order valence-electron chi connectivity index (χ1n) is 10.2. The maximum Gasteiger partial charge on any atom is 0.0991 e. The molecule has 1 N–H and O–H groups in total. The Hall–Kier alpha value is -2.66. The van der Waals surface area contributed by atoms with Crippen LogP contribution >= 0.6 is 0 Å². The first-order valence-corrected chi connectivity index (χ1v) is 10.2. The lowest BCUT2D eigenvalue weighted by atomic mass is 9.97. The van der Waals surface area contributed by atoms with Crippen LogP contribution in [0.3, 0.4) is 0 Å². The SMILES string of the molecule is N#CCCCC(NC1CCN(Cc2ccc(C#N)cc2)CC1)c1ccccc1. The Kier molecular flexibility index (Phi) is 7.62. The van der Waals surface area contributed by atoms with Crippen LogP contribution in [0, 0.1) is 22.7 Å². The number of piperidine rings is 1. The van der Waals surface area contributed by atoms with E-state index in [2.05, 4.69) is 64.8 Å². The van der Waals surface area contributed by atoms with Crippen LogP contribution in [0.2, 0.25) is 0 Å². The van der Waals surface area contributed by atoms with E-state index in [0.717, 1.165) is 50.9 Å². The van der Waals surface area contributed by atoms with E-state index in [1.165, 1.54) is 11.1 Å². The van der Waals surface area contributed by atoms with Crippen molar-refractivity contribution in [1.29, 1.82) is 10.5 Å². The first-order chi connectivity index (χ1) is 13.8. The van der Waals surface area contributed by atoms with Gasteiger partial charge in [0, 0.05) is 25.0 Å². The van der Waals surface area contributed by atoms with Crippen molar-refractivity contribution in [3.63, 3.8) is 0 Å². The largest absolute Gasteiger partial charge is 0.307 e. The van der Waals surface area contributed by atoms with Crippen LogP contribution in [0.25, 0.3) is 0 Å². The van der Waals surface area contributed by atoms with Gasteiger partial charge in [-0.25, -0.2) is 0 Å². The molecule has 4 heteroatoms. The van der Waals surface area contributed by atoms with Crippen LogP contribution in [0.15, 0.2) is 54.6 Å². The Balaban J connectivity index is 1.51. The fourth-order valence-electron chi connectivity index (χ4n) is 3.90. The summed E-state index contributed by atoms with van der Waals surface area (Å²) in [5, 5.41) is 21.6. The molecule has 2 aromatic carbocycles. The molecule has 0 aromatic heterocycles. The normalized spacial score (nSPS) is 16.2. The minimum Gasteiger partial charge on any atom is -0.307 e. The minimum atomic E-state index is 0.324. The highest BCUT2D eigenvalue weighted by Crippen LogP contribution is 2.23. The number of unbranched alkanes of at least 4 members (excludes halogenated alkanes) is 1. The molecule has 4 nitrogen and oxygen atoms in total. The third-order valence-corrected chi connectivity index (χ3v) is 5.50. The Labute approximate surface area is 168 Å². The van der Waals surface area contributed by atoms with Gasteiger partial charge in [-0.15, -0.1) is 0 Å². The molecule has 144 valence electrons. The molecular formula is C24H28N4. The highest BCUT2D eigenvalue weighted by atomic mass is 15.1. The molecule has 0 aliphatic carbocycles. The topological polar surface area (TPSA) is 62.9 Å². The number of likely N-dealkylation sites (tertiary alicyclic amines) is 1. The zero-order chi connectivity index (χ0) is 19.6. The van der Waals surface area contributed by atoms with Gasteiger partial charge in [-0.3, -0.25) is 4.90 Å². The first kappa shape index (κ1) is 20.1. The predicted molar refractivity (Wildman–Crippen MR) is 111 cm³/mol. The van der Waals surface area contributed by atoms with Gasteiger partial charge in [0.25, 0.3) is 0 Å². The summed E-state index contributed by atoms with van der Waals surface area (Å²) in [7, 11) is 0. The molecule has 1 saturated heterocycles. The number of benzene rings is 2. The van der Waals surface area contributed by atoms with Crippen molar-refractivity contribution in [2.45, 2.75) is 50.7 Å². The monoisotopic (exact) mass is 372 g/mol. The summed E-state index contributed by atoms with van der Waals surface area (Å²) in [6.45, 7) is 3.11. The van der Waals surface area contributed by atoms with Crippen molar-refractivity contribution in [3.8, 4) is 12.1 Å². The second-order valence-corrected chi connectivity index (χ2v) is 7.54. The Morgan fingerprint density at radius 3 is 2.36 bits per heavy atom. The summed E-state index contributed by atoms with van der Waals surface area (Å²) >= 11 is 0. The quantitative estimate of drug-likeness (QED) is 0.691. The Bertz CT molecular complexity index is 793. The molecule has 0 amide bonds. The van der Waals surface area contributed by atoms with Gasteiger partial charge >= 0.3 is 0 Å². The lowest BCUT2D eigenvalue weighted by Crippen LogP contribution is -2.43. The van der Waals surface area contributed by atoms with E-state index in [9.17, 15) is 0 Å². The van der Waals surface area contributed by atoms with E-state index in [1.54, 1.807) is 0 Å². The average molecular weight is 373 g/mol. The zero-order valence-corrected chi connectivity index (χ0v) is 16.3. The van der Waals surface area contributed by atoms with Crippen molar-refractivity contribution in [1.82, 2.24) is 10.2 Å². The van der Waals surface area contributed by atoms with Crippen molar-refractivity contribution in [2.24, 2.45) is 0 Å². The third-order valence-electron chi connectivity index (χ3n) is 5.50. The van der Waals surface area contributed by atoms with Gasteiger partial charge in [-0.2, -0.15) is 10.5 Å². The van der Waals surface area contributed by atoms with Gasteiger partial charge in [0.2, 0.25) is 0 Å². The molecule has 0 spiro atoms. The Morgan fingerprint density at radius 1 is 1.00 bits per heavy atom. The van der Waals surface area contributed by atoms with E-state index in [-0.39, 0.29) is 0 Å². The maximum atomic E-state index is 8.92. The van der Waals surface area contributed by atoms with Crippen LogP contribution in [-0.2, 0) is 6.54 Å². The lowest BCUT2D eigenvalue weighted by Gasteiger charge is -2.35. The molecule has 3 rings (SSSR count). The fourth-order valence-corrected chi connectivity index (χ4v) is 3.90. The van der Waals surface area contributed by atoms with Crippen LogP contribution in [0.5, 0.6) is 0 Å². The molecular weight excluding hydrogens is 344 g/mol. The van der Waals surface area contributed by atoms with Gasteiger partial charge in [0.15, 0.2) is 0 Å². The van der Waals surface area contributed by atoms with Gasteiger partial charge in [0.1, 0.15) is 0 Å². The van der Waals surface area contributed by atoms with Gasteiger partial charge < -0.3 is 5.32 Å². The smallest absolute Gasteiger partial charge is 0.0991 e. The van der Waals surface area contributed by atoms with E-state index < -0.39 is 0 Å². The molecule has 28 heavy (non-hydrogen) atoms.